The molecule has 202 valence electrons. The van der Waals surface area contributed by atoms with Gasteiger partial charge < -0.3 is 30.1 Å². The quantitative estimate of drug-likeness (QED) is 0.215. The average molecular weight is 529 g/mol. The van der Waals surface area contributed by atoms with Crippen LogP contribution in [0, 0.1) is 5.82 Å². The summed E-state index contributed by atoms with van der Waals surface area (Å²) in [6.45, 7) is 3.87. The number of rotatable bonds is 7. The maximum Gasteiger partial charge on any atom is 0.490 e. The molecule has 1 heterocycles. The number of aliphatic imine (C=N–C) groups is 1. The predicted molar refractivity (Wildman–Crippen MR) is 130 cm³/mol. The van der Waals surface area contributed by atoms with Gasteiger partial charge in [0.2, 0.25) is 0 Å². The van der Waals surface area contributed by atoms with Gasteiger partial charge in [-0.3, -0.25) is 4.99 Å². The Labute approximate surface area is 211 Å². The van der Waals surface area contributed by atoms with E-state index in [2.05, 4.69) is 15.2 Å². The van der Waals surface area contributed by atoms with Crippen molar-refractivity contribution < 1.29 is 42.1 Å². The van der Waals surface area contributed by atoms with Crippen molar-refractivity contribution >= 4 is 29.3 Å². The minimum absolute atomic E-state index is 0.211. The standard InChI is InChI=1S/C22H27FN4O3.C2HF3O2/c1-30-15-5-10-24-22(25-18-7-4-6-17(16-18)21(28)29)27-13-11-26(12-14-27)20-9-3-2-8-19(20)23;3-2(4,5)1(6)7/h2-4,6-9,16H,5,10-15H2,1H3,(H,24,25)(H,28,29);(H,6,7). The summed E-state index contributed by atoms with van der Waals surface area (Å²) >= 11 is 0. The molecule has 0 aliphatic carbocycles. The van der Waals surface area contributed by atoms with Crippen LogP contribution in [0.1, 0.15) is 16.8 Å². The normalized spacial score (nSPS) is 14.0. The number of methoxy groups -OCH3 is 1. The Morgan fingerprint density at radius 1 is 1.05 bits per heavy atom. The fourth-order valence-corrected chi connectivity index (χ4v) is 3.34. The number of halogens is 4. The van der Waals surface area contributed by atoms with E-state index in [1.807, 2.05) is 17.0 Å². The second-order valence-corrected chi connectivity index (χ2v) is 7.79. The van der Waals surface area contributed by atoms with Crippen LogP contribution < -0.4 is 10.2 Å². The zero-order chi connectivity index (χ0) is 27.4. The Kier molecular flexibility index (Phi) is 11.1. The first-order valence-electron chi connectivity index (χ1n) is 11.2. The SMILES string of the molecule is COCCCN=C(Nc1cccc(C(=O)O)c1)N1CCN(c2ccccc2F)CC1.O=C(O)C(F)(F)F. The number of anilines is 2. The summed E-state index contributed by atoms with van der Waals surface area (Å²) in [4.78, 5) is 29.0. The number of ether oxygens (including phenoxy) is 1. The molecule has 0 atom stereocenters. The zero-order valence-electron chi connectivity index (χ0n) is 20.0. The maximum absolute atomic E-state index is 14.1. The van der Waals surface area contributed by atoms with Crippen LogP contribution in [0.25, 0.3) is 0 Å². The lowest BCUT2D eigenvalue weighted by Gasteiger charge is -2.37. The molecule has 3 rings (SSSR count). The van der Waals surface area contributed by atoms with Crippen molar-refractivity contribution in [2.24, 2.45) is 4.99 Å². The molecule has 0 radical (unpaired) electrons. The third-order valence-corrected chi connectivity index (χ3v) is 5.15. The van der Waals surface area contributed by atoms with Crippen molar-refractivity contribution in [2.45, 2.75) is 12.6 Å². The first-order valence-corrected chi connectivity index (χ1v) is 11.2. The number of alkyl halides is 3. The van der Waals surface area contributed by atoms with Gasteiger partial charge >= 0.3 is 18.1 Å². The molecular formula is C24H28F4N4O5. The third-order valence-electron chi connectivity index (χ3n) is 5.15. The number of carboxylic acid groups (broad SMARTS) is 2. The fraction of sp³-hybridized carbons (Fsp3) is 0.375. The van der Waals surface area contributed by atoms with Gasteiger partial charge in [0.25, 0.3) is 0 Å². The van der Waals surface area contributed by atoms with E-state index in [4.69, 9.17) is 14.6 Å². The number of nitrogens with one attached hydrogen (secondary N) is 1. The van der Waals surface area contributed by atoms with Crippen LogP contribution >= 0.6 is 0 Å². The Bertz CT molecular complexity index is 1070. The third kappa shape index (κ3) is 9.60. The van der Waals surface area contributed by atoms with Gasteiger partial charge in [0.1, 0.15) is 5.82 Å². The molecule has 1 aliphatic rings. The van der Waals surface area contributed by atoms with Crippen LogP contribution in [-0.2, 0) is 9.53 Å². The van der Waals surface area contributed by atoms with Crippen LogP contribution in [0.4, 0.5) is 28.9 Å². The number of aromatic carboxylic acids is 1. The Morgan fingerprint density at radius 3 is 2.27 bits per heavy atom. The Balaban J connectivity index is 0.000000604. The van der Waals surface area contributed by atoms with E-state index < -0.39 is 18.1 Å². The van der Waals surface area contributed by atoms with Crippen LogP contribution in [0.5, 0.6) is 0 Å². The van der Waals surface area contributed by atoms with Crippen molar-refractivity contribution in [3.8, 4) is 0 Å². The van der Waals surface area contributed by atoms with Gasteiger partial charge in [-0.25, -0.2) is 14.0 Å². The van der Waals surface area contributed by atoms with Crippen LogP contribution in [-0.4, -0.2) is 85.6 Å². The van der Waals surface area contributed by atoms with E-state index >= 15 is 0 Å². The summed E-state index contributed by atoms with van der Waals surface area (Å²) in [6, 6.07) is 13.4. The number of para-hydroxylation sites is 1. The first kappa shape index (κ1) is 29.4. The molecule has 0 saturated carbocycles. The molecule has 13 heteroatoms. The van der Waals surface area contributed by atoms with Crippen molar-refractivity contribution in [1.82, 2.24) is 4.90 Å². The van der Waals surface area contributed by atoms with E-state index in [-0.39, 0.29) is 11.4 Å². The van der Waals surface area contributed by atoms with Gasteiger partial charge in [0, 0.05) is 52.1 Å². The highest BCUT2D eigenvalue weighted by Crippen LogP contribution is 2.21. The molecule has 9 nitrogen and oxygen atoms in total. The molecule has 37 heavy (non-hydrogen) atoms. The number of guanidine groups is 1. The van der Waals surface area contributed by atoms with E-state index in [1.165, 1.54) is 6.07 Å². The Hall–Kier alpha value is -3.87. The van der Waals surface area contributed by atoms with E-state index in [0.717, 1.165) is 6.42 Å². The number of benzene rings is 2. The van der Waals surface area contributed by atoms with Crippen molar-refractivity contribution in [3.05, 3.63) is 59.9 Å². The van der Waals surface area contributed by atoms with Crippen LogP contribution in [0.2, 0.25) is 0 Å². The molecule has 0 bridgehead atoms. The molecule has 1 aliphatic heterocycles. The molecule has 2 aromatic rings. The van der Waals surface area contributed by atoms with E-state index in [1.54, 1.807) is 37.4 Å². The monoisotopic (exact) mass is 528 g/mol. The second kappa shape index (κ2) is 14.0. The first-order chi connectivity index (χ1) is 17.5. The fourth-order valence-electron chi connectivity index (χ4n) is 3.34. The van der Waals surface area contributed by atoms with Gasteiger partial charge in [-0.1, -0.05) is 18.2 Å². The summed E-state index contributed by atoms with van der Waals surface area (Å²) in [6.07, 6.45) is -4.30. The highest BCUT2D eigenvalue weighted by atomic mass is 19.4. The lowest BCUT2D eigenvalue weighted by molar-refractivity contribution is -0.192. The van der Waals surface area contributed by atoms with Gasteiger partial charge in [-0.2, -0.15) is 13.2 Å². The molecule has 1 saturated heterocycles. The summed E-state index contributed by atoms with van der Waals surface area (Å²) in [7, 11) is 1.65. The summed E-state index contributed by atoms with van der Waals surface area (Å²) in [5, 5.41) is 19.6. The number of nitrogens with zero attached hydrogens (tertiary/aromatic N) is 3. The smallest absolute Gasteiger partial charge is 0.478 e. The Morgan fingerprint density at radius 2 is 1.70 bits per heavy atom. The number of piperazine rings is 1. The van der Waals surface area contributed by atoms with Crippen molar-refractivity contribution in [2.75, 3.05) is 56.7 Å². The van der Waals surface area contributed by atoms with Crippen LogP contribution in [0.15, 0.2) is 53.5 Å². The molecule has 0 amide bonds. The molecule has 0 spiro atoms. The predicted octanol–water partition coefficient (Wildman–Crippen LogP) is 3.78. The summed E-state index contributed by atoms with van der Waals surface area (Å²) < 4.78 is 50.9. The molecule has 3 N–H and O–H groups in total. The molecular weight excluding hydrogens is 500 g/mol. The van der Waals surface area contributed by atoms with Crippen molar-refractivity contribution in [3.63, 3.8) is 0 Å². The zero-order valence-corrected chi connectivity index (χ0v) is 20.0. The maximum atomic E-state index is 14.1. The lowest BCUT2D eigenvalue weighted by Crippen LogP contribution is -2.51. The van der Waals surface area contributed by atoms with E-state index in [9.17, 15) is 27.5 Å². The van der Waals surface area contributed by atoms with E-state index in [0.29, 0.717) is 56.7 Å². The number of carbonyl (C=O) groups is 2. The van der Waals surface area contributed by atoms with Gasteiger partial charge in [0.15, 0.2) is 5.96 Å². The highest BCUT2D eigenvalue weighted by molar-refractivity contribution is 5.96. The van der Waals surface area contributed by atoms with Gasteiger partial charge in [0.05, 0.1) is 11.3 Å². The largest absolute Gasteiger partial charge is 0.490 e. The minimum Gasteiger partial charge on any atom is -0.478 e. The topological polar surface area (TPSA) is 115 Å². The molecule has 2 aromatic carbocycles. The highest BCUT2D eigenvalue weighted by Gasteiger charge is 2.38. The number of aliphatic carboxylic acids is 1. The number of hydrogen-bond donors (Lipinski definition) is 3. The van der Waals surface area contributed by atoms with Crippen molar-refractivity contribution in [1.29, 1.82) is 0 Å². The number of hydrogen-bond acceptors (Lipinski definition) is 5. The molecule has 1 fully saturated rings. The minimum atomic E-state index is -5.08. The summed E-state index contributed by atoms with van der Waals surface area (Å²) in [5.74, 6) is -3.27. The van der Waals surface area contributed by atoms with Crippen LogP contribution in [0.3, 0.4) is 0 Å². The molecule has 0 aromatic heterocycles. The van der Waals surface area contributed by atoms with Gasteiger partial charge in [-0.15, -0.1) is 0 Å². The second-order valence-electron chi connectivity index (χ2n) is 7.79. The number of carboxylic acids is 2. The molecule has 0 unspecified atom stereocenters. The lowest BCUT2D eigenvalue weighted by atomic mass is 10.2. The van der Waals surface area contributed by atoms with Gasteiger partial charge in [-0.05, 0) is 36.8 Å². The average Bonchev–Trinajstić information content (AvgIpc) is 2.86. The summed E-state index contributed by atoms with van der Waals surface area (Å²) in [5.41, 5.74) is 1.48.